The number of aliphatic carboxylic acids is 1. The summed E-state index contributed by atoms with van der Waals surface area (Å²) < 4.78 is 45.0. The lowest BCUT2D eigenvalue weighted by Gasteiger charge is -2.33. The minimum Gasteiger partial charge on any atom is -0.492 e. The number of hydrogen-bond donors (Lipinski definition) is 2. The molecule has 0 amide bonds. The van der Waals surface area contributed by atoms with Gasteiger partial charge in [0.2, 0.25) is 0 Å². The van der Waals surface area contributed by atoms with Crippen molar-refractivity contribution in [2.75, 3.05) is 13.2 Å². The smallest absolute Gasteiger partial charge is 0.419 e. The molecule has 1 rings (SSSR count). The molecule has 11 heteroatoms. The number of halogens is 5. The van der Waals surface area contributed by atoms with Crippen LogP contribution in [-0.4, -0.2) is 41.1 Å². The van der Waals surface area contributed by atoms with E-state index in [1.54, 1.807) is 6.92 Å². The van der Waals surface area contributed by atoms with Crippen molar-refractivity contribution in [3.05, 3.63) is 22.2 Å². The van der Waals surface area contributed by atoms with Crippen LogP contribution < -0.4 is 4.74 Å². The minimum atomic E-state index is -5.22. The van der Waals surface area contributed by atoms with Gasteiger partial charge in [0.1, 0.15) is 11.4 Å². The number of benzene rings is 1. The summed E-state index contributed by atoms with van der Waals surface area (Å²) in [7, 11) is 0. The number of alkyl halides is 3. The Hall–Kier alpha value is -1.58. The van der Waals surface area contributed by atoms with Crippen LogP contribution in [0, 0.1) is 5.92 Å². The third-order valence-corrected chi connectivity index (χ3v) is 4.16. The average Bonchev–Trinajstić information content (AvgIpc) is 2.50. The summed E-state index contributed by atoms with van der Waals surface area (Å²) in [4.78, 5) is 11.1. The highest BCUT2D eigenvalue weighted by Gasteiger charge is 2.60. The Balaban J connectivity index is 3.17. The Bertz CT molecular complexity index is 686. The van der Waals surface area contributed by atoms with Gasteiger partial charge in [-0.05, 0) is 19.4 Å². The van der Waals surface area contributed by atoms with Crippen molar-refractivity contribution in [3.8, 4) is 5.75 Å². The molecule has 1 aromatic rings. The van der Waals surface area contributed by atoms with Crippen LogP contribution in [0.15, 0.2) is 22.4 Å². The molecule has 0 saturated carbocycles. The van der Waals surface area contributed by atoms with E-state index in [2.05, 4.69) is 10.2 Å². The standard InChI is InChI=1S/C15H17Cl2F3N2O4/c1-3-8(13(23)24)14(25,15(18,19)20)7-21-22-11-6-12(26-4-2)10(17)5-9(11)16/h5-6,8,25H,3-4,7H2,1-2H3,(H,23,24). The summed E-state index contributed by atoms with van der Waals surface area (Å²) in [5.41, 5.74) is -3.61. The molecule has 0 radical (unpaired) electrons. The lowest BCUT2D eigenvalue weighted by atomic mass is 9.84. The van der Waals surface area contributed by atoms with Gasteiger partial charge in [-0.15, -0.1) is 0 Å². The van der Waals surface area contributed by atoms with E-state index >= 15 is 0 Å². The first kappa shape index (κ1) is 22.5. The van der Waals surface area contributed by atoms with E-state index in [0.29, 0.717) is 0 Å². The summed E-state index contributed by atoms with van der Waals surface area (Å²) in [6.07, 6.45) is -5.66. The lowest BCUT2D eigenvalue weighted by molar-refractivity contribution is -0.275. The second kappa shape index (κ2) is 8.88. The maximum absolute atomic E-state index is 13.2. The zero-order chi connectivity index (χ0) is 20.1. The molecule has 0 heterocycles. The monoisotopic (exact) mass is 416 g/mol. The highest BCUT2D eigenvalue weighted by Crippen LogP contribution is 2.40. The van der Waals surface area contributed by atoms with Crippen LogP contribution in [0.3, 0.4) is 0 Å². The molecule has 2 atom stereocenters. The third-order valence-electron chi connectivity index (χ3n) is 3.57. The number of carboxylic acids is 1. The molecule has 146 valence electrons. The van der Waals surface area contributed by atoms with Crippen molar-refractivity contribution in [2.45, 2.75) is 32.0 Å². The van der Waals surface area contributed by atoms with E-state index in [1.807, 2.05) is 0 Å². The Morgan fingerprint density at radius 1 is 1.27 bits per heavy atom. The first-order valence-corrected chi connectivity index (χ1v) is 8.24. The topological polar surface area (TPSA) is 91.5 Å². The molecule has 0 fully saturated rings. The number of azo groups is 1. The van der Waals surface area contributed by atoms with Crippen LogP contribution in [-0.2, 0) is 4.79 Å². The second-order valence-corrected chi connectivity index (χ2v) is 6.10. The first-order chi connectivity index (χ1) is 12.0. The third kappa shape index (κ3) is 4.99. The highest BCUT2D eigenvalue weighted by molar-refractivity contribution is 6.37. The minimum absolute atomic E-state index is 0.00280. The fourth-order valence-corrected chi connectivity index (χ4v) is 2.67. The fourth-order valence-electron chi connectivity index (χ4n) is 2.19. The van der Waals surface area contributed by atoms with Crippen molar-refractivity contribution in [1.29, 1.82) is 0 Å². The van der Waals surface area contributed by atoms with Gasteiger partial charge in [0, 0.05) is 6.07 Å². The lowest BCUT2D eigenvalue weighted by Crippen LogP contribution is -2.56. The van der Waals surface area contributed by atoms with E-state index in [9.17, 15) is 23.1 Å². The molecule has 0 aliphatic rings. The molecule has 0 aliphatic carbocycles. The Labute approximate surface area is 157 Å². The molecule has 0 aliphatic heterocycles. The Morgan fingerprint density at radius 3 is 2.35 bits per heavy atom. The van der Waals surface area contributed by atoms with E-state index in [0.717, 1.165) is 0 Å². The Morgan fingerprint density at radius 2 is 1.88 bits per heavy atom. The van der Waals surface area contributed by atoms with Gasteiger partial charge in [0.05, 0.1) is 29.1 Å². The fraction of sp³-hybridized carbons (Fsp3) is 0.533. The van der Waals surface area contributed by atoms with Crippen LogP contribution in [0.2, 0.25) is 10.0 Å². The normalized spacial score (nSPS) is 15.7. The predicted octanol–water partition coefficient (Wildman–Crippen LogP) is 4.88. The van der Waals surface area contributed by atoms with Crippen LogP contribution in [0.4, 0.5) is 18.9 Å². The molecule has 1 aromatic carbocycles. The van der Waals surface area contributed by atoms with Crippen LogP contribution in [0.25, 0.3) is 0 Å². The average molecular weight is 417 g/mol. The van der Waals surface area contributed by atoms with Gasteiger partial charge in [-0.1, -0.05) is 30.1 Å². The summed E-state index contributed by atoms with van der Waals surface area (Å²) >= 11 is 11.8. The number of aliphatic hydroxyl groups is 1. The molecular weight excluding hydrogens is 400 g/mol. The number of nitrogens with zero attached hydrogens (tertiary/aromatic N) is 2. The van der Waals surface area contributed by atoms with Gasteiger partial charge >= 0.3 is 12.1 Å². The van der Waals surface area contributed by atoms with Gasteiger partial charge < -0.3 is 14.9 Å². The van der Waals surface area contributed by atoms with E-state index in [4.69, 9.17) is 33.0 Å². The SMILES string of the molecule is CCOc1cc(N=NCC(O)(C(CC)C(=O)O)C(F)(F)F)c(Cl)cc1Cl. The zero-order valence-electron chi connectivity index (χ0n) is 13.8. The van der Waals surface area contributed by atoms with Crippen molar-refractivity contribution in [3.63, 3.8) is 0 Å². The molecule has 0 aromatic heterocycles. The second-order valence-electron chi connectivity index (χ2n) is 5.29. The maximum Gasteiger partial charge on any atom is 0.419 e. The maximum atomic E-state index is 13.2. The molecule has 2 N–H and O–H groups in total. The molecular formula is C15H17Cl2F3N2O4. The predicted molar refractivity (Wildman–Crippen MR) is 89.4 cm³/mol. The van der Waals surface area contributed by atoms with Gasteiger partial charge in [-0.2, -0.15) is 23.4 Å². The highest BCUT2D eigenvalue weighted by atomic mass is 35.5. The van der Waals surface area contributed by atoms with Crippen molar-refractivity contribution >= 4 is 34.9 Å². The summed E-state index contributed by atoms with van der Waals surface area (Å²) in [5, 5.41) is 26.0. The van der Waals surface area contributed by atoms with E-state index < -0.39 is 36.6 Å². The number of hydrogen-bond acceptors (Lipinski definition) is 5. The summed E-state index contributed by atoms with van der Waals surface area (Å²) in [6.45, 7) is 1.90. The van der Waals surface area contributed by atoms with Gasteiger partial charge in [0.15, 0.2) is 5.60 Å². The number of rotatable bonds is 8. The van der Waals surface area contributed by atoms with Crippen LogP contribution in [0.1, 0.15) is 20.3 Å². The van der Waals surface area contributed by atoms with E-state index in [1.165, 1.54) is 19.1 Å². The summed E-state index contributed by atoms with van der Waals surface area (Å²) in [5.74, 6) is -3.68. The zero-order valence-corrected chi connectivity index (χ0v) is 15.4. The Kier molecular flexibility index (Phi) is 7.67. The summed E-state index contributed by atoms with van der Waals surface area (Å²) in [6, 6.07) is 2.56. The van der Waals surface area contributed by atoms with Gasteiger partial charge in [-0.3, -0.25) is 4.79 Å². The number of ether oxygens (including phenoxy) is 1. The molecule has 26 heavy (non-hydrogen) atoms. The van der Waals surface area contributed by atoms with Crippen LogP contribution in [0.5, 0.6) is 5.75 Å². The molecule has 0 saturated heterocycles. The first-order valence-electron chi connectivity index (χ1n) is 7.49. The quantitative estimate of drug-likeness (QED) is 0.590. The molecule has 6 nitrogen and oxygen atoms in total. The van der Waals surface area contributed by atoms with Crippen molar-refractivity contribution in [2.24, 2.45) is 16.1 Å². The van der Waals surface area contributed by atoms with E-state index in [-0.39, 0.29) is 28.1 Å². The molecule has 2 unspecified atom stereocenters. The largest absolute Gasteiger partial charge is 0.492 e. The number of carboxylic acid groups (broad SMARTS) is 1. The van der Waals surface area contributed by atoms with Gasteiger partial charge in [0.25, 0.3) is 0 Å². The number of carbonyl (C=O) groups is 1. The molecule has 0 spiro atoms. The van der Waals surface area contributed by atoms with Crippen molar-refractivity contribution < 1.29 is 32.9 Å². The van der Waals surface area contributed by atoms with Crippen molar-refractivity contribution in [1.82, 2.24) is 0 Å². The van der Waals surface area contributed by atoms with Crippen LogP contribution >= 0.6 is 23.2 Å². The molecule has 0 bridgehead atoms. The van der Waals surface area contributed by atoms with Gasteiger partial charge in [-0.25, -0.2) is 0 Å².